The average Bonchev–Trinajstić information content (AvgIpc) is 3.07. The second-order valence-electron chi connectivity index (χ2n) is 6.30. The fourth-order valence-corrected chi connectivity index (χ4v) is 3.06. The zero-order valence-electron chi connectivity index (χ0n) is 14.1. The number of hydrogen-bond donors (Lipinski definition) is 2. The third-order valence-electron chi connectivity index (χ3n) is 4.48. The first kappa shape index (κ1) is 17.0. The Morgan fingerprint density at radius 2 is 1.96 bits per heavy atom. The number of ether oxygens (including phenoxy) is 1. The van der Waals surface area contributed by atoms with Crippen molar-refractivity contribution in [3.63, 3.8) is 0 Å². The number of benzene rings is 2. The van der Waals surface area contributed by atoms with E-state index >= 15 is 0 Å². The summed E-state index contributed by atoms with van der Waals surface area (Å²) in [5.74, 6) is -0.977. The van der Waals surface area contributed by atoms with Gasteiger partial charge in [-0.05, 0) is 29.7 Å². The summed E-state index contributed by atoms with van der Waals surface area (Å²) in [6, 6.07) is 14.4. The molecule has 2 atom stereocenters. The molecule has 0 aromatic heterocycles. The van der Waals surface area contributed by atoms with Gasteiger partial charge < -0.3 is 15.2 Å². The zero-order valence-corrected chi connectivity index (χ0v) is 14.1. The van der Waals surface area contributed by atoms with Crippen LogP contribution in [0.5, 0.6) is 5.75 Å². The van der Waals surface area contributed by atoms with Gasteiger partial charge in [0.1, 0.15) is 5.75 Å². The van der Waals surface area contributed by atoms with Crippen molar-refractivity contribution in [2.24, 2.45) is 5.92 Å². The summed E-state index contributed by atoms with van der Waals surface area (Å²) >= 11 is 0. The SMILES string of the molecule is CC(C(=O)O)C(NC(=O)Cc1ccc2c(c1)CCO2)c1ccccc1. The van der Waals surface area contributed by atoms with Gasteiger partial charge in [-0.1, -0.05) is 42.5 Å². The van der Waals surface area contributed by atoms with E-state index in [0.717, 1.165) is 28.9 Å². The monoisotopic (exact) mass is 339 g/mol. The molecule has 2 aromatic carbocycles. The third kappa shape index (κ3) is 3.99. The van der Waals surface area contributed by atoms with Crippen LogP contribution in [-0.4, -0.2) is 23.6 Å². The maximum absolute atomic E-state index is 12.5. The van der Waals surface area contributed by atoms with Crippen molar-refractivity contribution < 1.29 is 19.4 Å². The van der Waals surface area contributed by atoms with Gasteiger partial charge in [0.25, 0.3) is 0 Å². The van der Waals surface area contributed by atoms with Gasteiger partial charge in [-0.25, -0.2) is 0 Å². The van der Waals surface area contributed by atoms with E-state index in [0.29, 0.717) is 6.61 Å². The quantitative estimate of drug-likeness (QED) is 0.848. The van der Waals surface area contributed by atoms with E-state index in [1.807, 2.05) is 48.5 Å². The van der Waals surface area contributed by atoms with Crippen molar-refractivity contribution in [2.45, 2.75) is 25.8 Å². The summed E-state index contributed by atoms with van der Waals surface area (Å²) in [4.78, 5) is 23.9. The molecular formula is C20H21NO4. The van der Waals surface area contributed by atoms with E-state index in [-0.39, 0.29) is 12.3 Å². The second-order valence-corrected chi connectivity index (χ2v) is 6.30. The molecule has 5 heteroatoms. The van der Waals surface area contributed by atoms with Crippen LogP contribution in [0.4, 0.5) is 0 Å². The van der Waals surface area contributed by atoms with Crippen LogP contribution in [0.1, 0.15) is 29.7 Å². The molecule has 1 heterocycles. The Morgan fingerprint density at radius 1 is 1.20 bits per heavy atom. The van der Waals surface area contributed by atoms with Crippen LogP contribution >= 0.6 is 0 Å². The summed E-state index contributed by atoms with van der Waals surface area (Å²) < 4.78 is 5.47. The molecule has 2 unspecified atom stereocenters. The molecule has 0 saturated carbocycles. The number of rotatable bonds is 6. The summed E-state index contributed by atoms with van der Waals surface area (Å²) in [5.41, 5.74) is 2.80. The molecule has 2 aromatic rings. The van der Waals surface area contributed by atoms with Crippen molar-refractivity contribution in [1.82, 2.24) is 5.32 Å². The Hall–Kier alpha value is -2.82. The fourth-order valence-electron chi connectivity index (χ4n) is 3.06. The molecule has 1 aliphatic heterocycles. The highest BCUT2D eigenvalue weighted by molar-refractivity contribution is 5.80. The van der Waals surface area contributed by atoms with Gasteiger partial charge in [0, 0.05) is 6.42 Å². The van der Waals surface area contributed by atoms with Crippen LogP contribution in [0.25, 0.3) is 0 Å². The lowest BCUT2D eigenvalue weighted by Gasteiger charge is -2.23. The van der Waals surface area contributed by atoms with E-state index < -0.39 is 17.9 Å². The van der Waals surface area contributed by atoms with Gasteiger partial charge in [0.05, 0.1) is 25.0 Å². The van der Waals surface area contributed by atoms with Crippen molar-refractivity contribution in [3.8, 4) is 5.75 Å². The predicted octanol–water partition coefficient (Wildman–Crippen LogP) is 2.74. The van der Waals surface area contributed by atoms with Gasteiger partial charge in [0.2, 0.25) is 5.91 Å². The van der Waals surface area contributed by atoms with E-state index in [9.17, 15) is 14.7 Å². The summed E-state index contributed by atoms with van der Waals surface area (Å²) in [7, 11) is 0. The maximum Gasteiger partial charge on any atom is 0.308 e. The molecule has 0 fully saturated rings. The minimum atomic E-state index is -0.941. The van der Waals surface area contributed by atoms with Crippen LogP contribution in [0.15, 0.2) is 48.5 Å². The second kappa shape index (κ2) is 7.38. The van der Waals surface area contributed by atoms with Gasteiger partial charge in [-0.3, -0.25) is 9.59 Å². The first-order valence-electron chi connectivity index (χ1n) is 8.36. The number of fused-ring (bicyclic) bond motifs is 1. The third-order valence-corrected chi connectivity index (χ3v) is 4.48. The topological polar surface area (TPSA) is 75.6 Å². The lowest BCUT2D eigenvalue weighted by molar-refractivity contribution is -0.142. The first-order chi connectivity index (χ1) is 12.0. The first-order valence-corrected chi connectivity index (χ1v) is 8.36. The zero-order chi connectivity index (χ0) is 17.8. The Morgan fingerprint density at radius 3 is 2.68 bits per heavy atom. The smallest absolute Gasteiger partial charge is 0.308 e. The molecule has 5 nitrogen and oxygen atoms in total. The van der Waals surface area contributed by atoms with Gasteiger partial charge in [0.15, 0.2) is 0 Å². The number of carboxylic acids is 1. The van der Waals surface area contributed by atoms with Crippen molar-refractivity contribution in [2.75, 3.05) is 6.61 Å². The molecule has 0 saturated heterocycles. The van der Waals surface area contributed by atoms with Crippen molar-refractivity contribution in [3.05, 3.63) is 65.2 Å². The molecule has 2 N–H and O–H groups in total. The molecule has 3 rings (SSSR count). The summed E-state index contributed by atoms with van der Waals surface area (Å²) in [5, 5.41) is 12.2. The summed E-state index contributed by atoms with van der Waals surface area (Å²) in [6.45, 7) is 2.28. The van der Waals surface area contributed by atoms with Crippen molar-refractivity contribution in [1.29, 1.82) is 0 Å². The van der Waals surface area contributed by atoms with Crippen LogP contribution in [-0.2, 0) is 22.4 Å². The lowest BCUT2D eigenvalue weighted by Crippen LogP contribution is -2.36. The molecule has 0 radical (unpaired) electrons. The van der Waals surface area contributed by atoms with Gasteiger partial charge in [-0.2, -0.15) is 0 Å². The largest absolute Gasteiger partial charge is 0.493 e. The Bertz CT molecular complexity index is 773. The Kier molecular flexibility index (Phi) is 5.03. The molecule has 1 aliphatic rings. The van der Waals surface area contributed by atoms with Crippen LogP contribution in [0, 0.1) is 5.92 Å². The Labute approximate surface area is 146 Å². The minimum absolute atomic E-state index is 0.194. The molecule has 1 amide bonds. The molecule has 25 heavy (non-hydrogen) atoms. The molecular weight excluding hydrogens is 318 g/mol. The van der Waals surface area contributed by atoms with E-state index in [1.165, 1.54) is 0 Å². The predicted molar refractivity (Wildman–Crippen MR) is 93.5 cm³/mol. The highest BCUT2D eigenvalue weighted by atomic mass is 16.5. The standard InChI is InChI=1S/C20H21NO4/c1-13(20(23)24)19(15-5-3-2-4-6-15)21-18(22)12-14-7-8-17-16(11-14)9-10-25-17/h2-8,11,13,19H,9-10,12H2,1H3,(H,21,22)(H,23,24). The molecule has 130 valence electrons. The molecule has 0 spiro atoms. The Balaban J connectivity index is 1.73. The summed E-state index contributed by atoms with van der Waals surface area (Å²) in [6.07, 6.45) is 1.07. The van der Waals surface area contributed by atoms with E-state index in [4.69, 9.17) is 4.74 Å². The van der Waals surface area contributed by atoms with E-state index in [2.05, 4.69) is 5.32 Å². The molecule has 0 bridgehead atoms. The number of carbonyl (C=O) groups excluding carboxylic acids is 1. The fraction of sp³-hybridized carbons (Fsp3) is 0.300. The lowest BCUT2D eigenvalue weighted by atomic mass is 9.94. The molecule has 0 aliphatic carbocycles. The minimum Gasteiger partial charge on any atom is -0.493 e. The number of carbonyl (C=O) groups is 2. The highest BCUT2D eigenvalue weighted by Crippen LogP contribution is 2.26. The van der Waals surface area contributed by atoms with Gasteiger partial charge >= 0.3 is 5.97 Å². The van der Waals surface area contributed by atoms with Gasteiger partial charge in [-0.15, -0.1) is 0 Å². The number of aliphatic carboxylic acids is 1. The maximum atomic E-state index is 12.5. The average molecular weight is 339 g/mol. The van der Waals surface area contributed by atoms with Crippen molar-refractivity contribution >= 4 is 11.9 Å². The number of hydrogen-bond acceptors (Lipinski definition) is 3. The van der Waals surface area contributed by atoms with Crippen LogP contribution in [0.3, 0.4) is 0 Å². The van der Waals surface area contributed by atoms with E-state index in [1.54, 1.807) is 6.92 Å². The number of amides is 1. The van der Waals surface area contributed by atoms with Crippen LogP contribution < -0.4 is 10.1 Å². The normalized spacial score (nSPS) is 14.9. The van der Waals surface area contributed by atoms with Crippen LogP contribution in [0.2, 0.25) is 0 Å². The number of nitrogens with one attached hydrogen (secondary N) is 1. The number of carboxylic acid groups (broad SMARTS) is 1. The highest BCUT2D eigenvalue weighted by Gasteiger charge is 2.26.